The number of amides is 1. The van der Waals surface area contributed by atoms with E-state index in [2.05, 4.69) is 22.2 Å². The van der Waals surface area contributed by atoms with Gasteiger partial charge in [-0.25, -0.2) is 0 Å². The van der Waals surface area contributed by atoms with Gasteiger partial charge in [-0.2, -0.15) is 0 Å². The largest absolute Gasteiger partial charge is 0.360 e. The van der Waals surface area contributed by atoms with E-state index in [0.717, 1.165) is 12.8 Å². The second kappa shape index (κ2) is 8.32. The van der Waals surface area contributed by atoms with E-state index in [0.29, 0.717) is 17.4 Å². The maximum atomic E-state index is 12.3. The standard InChI is InChI=1S/C17H23N3O2/c1-2-3-4-5-6-7-9-19-17(22)14-12-20-15-8-10-18-11-13(15)16(14)21/h8,10-12H,2-7,9H2,1H3,(H,19,22)(H,20,21). The van der Waals surface area contributed by atoms with Crippen molar-refractivity contribution in [2.75, 3.05) is 6.54 Å². The summed E-state index contributed by atoms with van der Waals surface area (Å²) >= 11 is 0. The summed E-state index contributed by atoms with van der Waals surface area (Å²) < 4.78 is 0. The predicted molar refractivity (Wildman–Crippen MR) is 88.1 cm³/mol. The third kappa shape index (κ3) is 4.16. The summed E-state index contributed by atoms with van der Waals surface area (Å²) in [6.07, 6.45) is 11.6. The van der Waals surface area contributed by atoms with Crippen molar-refractivity contribution in [3.63, 3.8) is 0 Å². The number of pyridine rings is 2. The Morgan fingerprint density at radius 1 is 1.23 bits per heavy atom. The molecule has 2 N–H and O–H groups in total. The van der Waals surface area contributed by atoms with Gasteiger partial charge in [-0.15, -0.1) is 0 Å². The first-order valence-electron chi connectivity index (χ1n) is 7.97. The number of aromatic amines is 1. The fourth-order valence-electron chi connectivity index (χ4n) is 2.43. The number of carbonyl (C=O) groups is 1. The van der Waals surface area contributed by atoms with E-state index in [1.807, 2.05) is 0 Å². The Morgan fingerprint density at radius 3 is 2.82 bits per heavy atom. The van der Waals surface area contributed by atoms with Crippen LogP contribution in [0.2, 0.25) is 0 Å². The van der Waals surface area contributed by atoms with Crippen molar-refractivity contribution in [2.24, 2.45) is 0 Å². The van der Waals surface area contributed by atoms with E-state index in [1.54, 1.807) is 12.3 Å². The number of carbonyl (C=O) groups excluding carboxylic acids is 1. The third-order valence-electron chi connectivity index (χ3n) is 3.74. The molecule has 2 aromatic rings. The summed E-state index contributed by atoms with van der Waals surface area (Å²) in [7, 11) is 0. The average molecular weight is 301 g/mol. The topological polar surface area (TPSA) is 74.8 Å². The van der Waals surface area contributed by atoms with Gasteiger partial charge in [0.15, 0.2) is 0 Å². The lowest BCUT2D eigenvalue weighted by Gasteiger charge is -2.06. The number of hydrogen-bond donors (Lipinski definition) is 2. The zero-order chi connectivity index (χ0) is 15.8. The molecule has 2 rings (SSSR count). The molecular weight excluding hydrogens is 278 g/mol. The fourth-order valence-corrected chi connectivity index (χ4v) is 2.43. The lowest BCUT2D eigenvalue weighted by atomic mass is 10.1. The van der Waals surface area contributed by atoms with Crippen LogP contribution >= 0.6 is 0 Å². The highest BCUT2D eigenvalue weighted by molar-refractivity contribution is 5.96. The molecule has 0 aliphatic carbocycles. The minimum atomic E-state index is -0.319. The Bertz CT molecular complexity index is 679. The molecule has 118 valence electrons. The van der Waals surface area contributed by atoms with Crippen LogP contribution in [0.15, 0.2) is 29.5 Å². The van der Waals surface area contributed by atoms with Gasteiger partial charge in [-0.3, -0.25) is 14.6 Å². The average Bonchev–Trinajstić information content (AvgIpc) is 2.54. The first-order chi connectivity index (χ1) is 10.7. The number of aromatic nitrogens is 2. The highest BCUT2D eigenvalue weighted by Crippen LogP contribution is 2.06. The second-order valence-corrected chi connectivity index (χ2v) is 5.48. The number of nitrogens with zero attached hydrogens (tertiary/aromatic N) is 1. The number of hydrogen-bond acceptors (Lipinski definition) is 3. The molecule has 0 saturated heterocycles. The van der Waals surface area contributed by atoms with Crippen molar-refractivity contribution in [3.05, 3.63) is 40.4 Å². The Morgan fingerprint density at radius 2 is 2.00 bits per heavy atom. The van der Waals surface area contributed by atoms with Crippen LogP contribution < -0.4 is 10.7 Å². The van der Waals surface area contributed by atoms with Crippen LogP contribution in [0.5, 0.6) is 0 Å². The third-order valence-corrected chi connectivity index (χ3v) is 3.74. The van der Waals surface area contributed by atoms with Crippen molar-refractivity contribution in [1.29, 1.82) is 0 Å². The number of unbranched alkanes of at least 4 members (excludes halogenated alkanes) is 5. The van der Waals surface area contributed by atoms with Gasteiger partial charge in [0.2, 0.25) is 5.43 Å². The van der Waals surface area contributed by atoms with Crippen LogP contribution in [0.4, 0.5) is 0 Å². The van der Waals surface area contributed by atoms with Gasteiger partial charge in [0.05, 0.1) is 10.9 Å². The van der Waals surface area contributed by atoms with Gasteiger partial charge in [-0.05, 0) is 12.5 Å². The van der Waals surface area contributed by atoms with Gasteiger partial charge in [0.1, 0.15) is 5.56 Å². The molecule has 5 heteroatoms. The van der Waals surface area contributed by atoms with Gasteiger partial charge < -0.3 is 10.3 Å². The van der Waals surface area contributed by atoms with Crippen molar-refractivity contribution in [2.45, 2.75) is 45.4 Å². The molecule has 0 aliphatic rings. The van der Waals surface area contributed by atoms with Crippen molar-refractivity contribution >= 4 is 16.8 Å². The van der Waals surface area contributed by atoms with Crippen LogP contribution in [0.1, 0.15) is 55.8 Å². The summed E-state index contributed by atoms with van der Waals surface area (Å²) in [6, 6.07) is 1.72. The molecule has 0 radical (unpaired) electrons. The molecule has 0 saturated carbocycles. The molecule has 0 aliphatic heterocycles. The van der Waals surface area contributed by atoms with Crippen LogP contribution in [0.25, 0.3) is 10.9 Å². The van der Waals surface area contributed by atoms with Gasteiger partial charge in [0.25, 0.3) is 5.91 Å². The molecule has 2 heterocycles. The first-order valence-corrected chi connectivity index (χ1v) is 7.97. The van der Waals surface area contributed by atoms with Gasteiger partial charge in [-0.1, -0.05) is 39.0 Å². The first kappa shape index (κ1) is 16.2. The second-order valence-electron chi connectivity index (χ2n) is 5.48. The Kier molecular flexibility index (Phi) is 6.13. The molecule has 2 aromatic heterocycles. The minimum Gasteiger partial charge on any atom is -0.360 e. The van der Waals surface area contributed by atoms with E-state index in [9.17, 15) is 9.59 Å². The van der Waals surface area contributed by atoms with E-state index in [-0.39, 0.29) is 16.9 Å². The quantitative estimate of drug-likeness (QED) is 0.736. The molecule has 22 heavy (non-hydrogen) atoms. The molecule has 0 unspecified atom stereocenters. The zero-order valence-corrected chi connectivity index (χ0v) is 13.0. The van der Waals surface area contributed by atoms with Crippen LogP contribution in [0, 0.1) is 0 Å². The summed E-state index contributed by atoms with van der Waals surface area (Å²) in [5.74, 6) is -0.319. The smallest absolute Gasteiger partial charge is 0.256 e. The van der Waals surface area contributed by atoms with Gasteiger partial charge >= 0.3 is 0 Å². The normalized spacial score (nSPS) is 10.8. The van der Waals surface area contributed by atoms with Crippen LogP contribution in [-0.2, 0) is 0 Å². The highest BCUT2D eigenvalue weighted by Gasteiger charge is 2.12. The molecule has 0 fully saturated rings. The molecule has 1 amide bonds. The molecule has 5 nitrogen and oxygen atoms in total. The molecular formula is C17H23N3O2. The molecule has 0 aromatic carbocycles. The molecule has 0 atom stereocenters. The number of nitrogens with one attached hydrogen (secondary N) is 2. The van der Waals surface area contributed by atoms with Crippen molar-refractivity contribution < 1.29 is 4.79 Å². The summed E-state index contributed by atoms with van der Waals surface area (Å²) in [4.78, 5) is 31.2. The zero-order valence-electron chi connectivity index (χ0n) is 13.0. The van der Waals surface area contributed by atoms with Crippen LogP contribution in [0.3, 0.4) is 0 Å². The fraction of sp³-hybridized carbons (Fsp3) is 0.471. The predicted octanol–water partition coefficient (Wildman–Crippen LogP) is 3.01. The lowest BCUT2D eigenvalue weighted by molar-refractivity contribution is 0.0951. The van der Waals surface area contributed by atoms with Crippen molar-refractivity contribution in [1.82, 2.24) is 15.3 Å². The van der Waals surface area contributed by atoms with E-state index < -0.39 is 0 Å². The van der Waals surface area contributed by atoms with Crippen molar-refractivity contribution in [3.8, 4) is 0 Å². The van der Waals surface area contributed by atoms with Crippen LogP contribution in [-0.4, -0.2) is 22.4 Å². The summed E-state index contributed by atoms with van der Waals surface area (Å²) in [5, 5.41) is 3.26. The molecule has 0 spiro atoms. The Labute approximate surface area is 130 Å². The summed E-state index contributed by atoms with van der Waals surface area (Å²) in [5.41, 5.74) is 0.557. The monoisotopic (exact) mass is 301 g/mol. The van der Waals surface area contributed by atoms with E-state index in [1.165, 1.54) is 38.1 Å². The number of fused-ring (bicyclic) bond motifs is 1. The lowest BCUT2D eigenvalue weighted by Crippen LogP contribution is -2.29. The maximum absolute atomic E-state index is 12.3. The Balaban J connectivity index is 1.88. The summed E-state index contributed by atoms with van der Waals surface area (Å²) in [6.45, 7) is 2.80. The SMILES string of the molecule is CCCCCCCCNC(=O)c1c[nH]c2ccncc2c1=O. The highest BCUT2D eigenvalue weighted by atomic mass is 16.2. The van der Waals surface area contributed by atoms with E-state index >= 15 is 0 Å². The Hall–Kier alpha value is -2.17. The number of rotatable bonds is 8. The number of H-pyrrole nitrogens is 1. The van der Waals surface area contributed by atoms with E-state index in [4.69, 9.17) is 0 Å². The maximum Gasteiger partial charge on any atom is 0.256 e. The molecule has 0 bridgehead atoms. The van der Waals surface area contributed by atoms with Gasteiger partial charge in [0, 0.05) is 25.1 Å². The minimum absolute atomic E-state index is 0.145.